The van der Waals surface area contributed by atoms with Crippen molar-refractivity contribution in [2.24, 2.45) is 0 Å². The summed E-state index contributed by atoms with van der Waals surface area (Å²) in [5.41, 5.74) is 1.68. The zero-order chi connectivity index (χ0) is 9.26. The van der Waals surface area contributed by atoms with Gasteiger partial charge in [-0.3, -0.25) is 0 Å². The van der Waals surface area contributed by atoms with Crippen molar-refractivity contribution in [1.29, 1.82) is 0 Å². The van der Waals surface area contributed by atoms with Crippen LogP contribution in [0.4, 0.5) is 0 Å². The molecule has 0 saturated carbocycles. The monoisotopic (exact) mass is 178 g/mol. The maximum Gasteiger partial charge on any atom is 0.137 e. The van der Waals surface area contributed by atoms with Gasteiger partial charge in [0.05, 0.1) is 12.9 Å². The number of benzene rings is 1. The Morgan fingerprint density at radius 3 is 3.08 bits per heavy atom. The molecular weight excluding hydrogens is 168 g/mol. The third kappa shape index (κ3) is 1.38. The van der Waals surface area contributed by atoms with E-state index in [1.165, 1.54) is 0 Å². The average Bonchev–Trinajstić information content (AvgIpc) is 2.49. The highest BCUT2D eigenvalue weighted by Gasteiger charge is 2.05. The number of aromatic hydroxyl groups is 1. The van der Waals surface area contributed by atoms with Gasteiger partial charge in [-0.25, -0.2) is 0 Å². The van der Waals surface area contributed by atoms with Crippen molar-refractivity contribution >= 4 is 11.0 Å². The third-order valence-electron chi connectivity index (χ3n) is 1.94. The molecule has 0 saturated heterocycles. The molecule has 3 heteroatoms. The molecule has 0 fully saturated rings. The number of furan rings is 1. The van der Waals surface area contributed by atoms with Crippen molar-refractivity contribution in [1.82, 2.24) is 0 Å². The van der Waals surface area contributed by atoms with E-state index in [4.69, 9.17) is 9.15 Å². The van der Waals surface area contributed by atoms with E-state index in [-0.39, 0.29) is 5.75 Å². The molecular formula is C10H10O3. The van der Waals surface area contributed by atoms with Crippen LogP contribution in [0.3, 0.4) is 0 Å². The summed E-state index contributed by atoms with van der Waals surface area (Å²) in [7, 11) is 1.64. The van der Waals surface area contributed by atoms with Gasteiger partial charge >= 0.3 is 0 Å². The fraction of sp³-hybridized carbons (Fsp3) is 0.200. The van der Waals surface area contributed by atoms with Gasteiger partial charge in [0, 0.05) is 24.1 Å². The molecule has 1 heterocycles. The Labute approximate surface area is 75.5 Å². The highest BCUT2D eigenvalue weighted by atomic mass is 16.5. The Balaban J connectivity index is 2.55. The second kappa shape index (κ2) is 3.11. The molecule has 0 aliphatic carbocycles. The summed E-state index contributed by atoms with van der Waals surface area (Å²) in [6.45, 7) is 0.526. The topological polar surface area (TPSA) is 42.6 Å². The van der Waals surface area contributed by atoms with Gasteiger partial charge in [-0.15, -0.1) is 0 Å². The van der Waals surface area contributed by atoms with Crippen molar-refractivity contribution in [2.45, 2.75) is 6.61 Å². The van der Waals surface area contributed by atoms with Gasteiger partial charge in [0.25, 0.3) is 0 Å². The Hall–Kier alpha value is -1.48. The molecule has 68 valence electrons. The van der Waals surface area contributed by atoms with Crippen LogP contribution in [-0.2, 0) is 11.3 Å². The van der Waals surface area contributed by atoms with E-state index in [0.29, 0.717) is 12.2 Å². The van der Waals surface area contributed by atoms with Crippen molar-refractivity contribution < 1.29 is 14.3 Å². The number of methoxy groups -OCH3 is 1. The number of fused-ring (bicyclic) bond motifs is 1. The maximum atomic E-state index is 9.18. The first-order chi connectivity index (χ1) is 6.31. The predicted molar refractivity (Wildman–Crippen MR) is 48.6 cm³/mol. The minimum absolute atomic E-state index is 0.214. The molecule has 0 bridgehead atoms. The van der Waals surface area contributed by atoms with Crippen molar-refractivity contribution in [3.63, 3.8) is 0 Å². The minimum Gasteiger partial charge on any atom is -0.508 e. The van der Waals surface area contributed by atoms with Gasteiger partial charge in [0.15, 0.2) is 0 Å². The van der Waals surface area contributed by atoms with E-state index in [9.17, 15) is 5.11 Å². The average molecular weight is 178 g/mol. The number of hydrogen-bond donors (Lipinski definition) is 1. The van der Waals surface area contributed by atoms with Gasteiger partial charge in [0.2, 0.25) is 0 Å². The summed E-state index contributed by atoms with van der Waals surface area (Å²) in [4.78, 5) is 0. The molecule has 0 aliphatic heterocycles. The van der Waals surface area contributed by atoms with Crippen LogP contribution in [0.15, 0.2) is 28.9 Å². The van der Waals surface area contributed by atoms with Crippen LogP contribution < -0.4 is 0 Å². The summed E-state index contributed by atoms with van der Waals surface area (Å²) in [5.74, 6) is 0.214. The van der Waals surface area contributed by atoms with Crippen LogP contribution in [-0.4, -0.2) is 12.2 Å². The second-order valence-corrected chi connectivity index (χ2v) is 2.87. The fourth-order valence-corrected chi connectivity index (χ4v) is 1.34. The number of rotatable bonds is 2. The Kier molecular flexibility index (Phi) is 1.94. The Morgan fingerprint density at radius 1 is 1.46 bits per heavy atom. The van der Waals surface area contributed by atoms with Crippen LogP contribution in [0.1, 0.15) is 5.56 Å². The summed E-state index contributed by atoms with van der Waals surface area (Å²) in [6, 6.07) is 5.05. The number of phenolic OH excluding ortho intramolecular Hbond substituents is 1. The Bertz CT molecular complexity index is 417. The van der Waals surface area contributed by atoms with Gasteiger partial charge in [-0.05, 0) is 12.1 Å². The Morgan fingerprint density at radius 2 is 2.31 bits per heavy atom. The largest absolute Gasteiger partial charge is 0.508 e. The summed E-state index contributed by atoms with van der Waals surface area (Å²) >= 11 is 0. The lowest BCUT2D eigenvalue weighted by molar-refractivity contribution is 0.185. The molecule has 3 nitrogen and oxygen atoms in total. The first-order valence-electron chi connectivity index (χ1n) is 3.99. The molecule has 1 aromatic heterocycles. The first-order valence-corrected chi connectivity index (χ1v) is 3.99. The van der Waals surface area contributed by atoms with Crippen LogP contribution in [0.5, 0.6) is 5.75 Å². The number of ether oxygens (including phenoxy) is 1. The third-order valence-corrected chi connectivity index (χ3v) is 1.94. The fourth-order valence-electron chi connectivity index (χ4n) is 1.34. The molecule has 1 aromatic carbocycles. The molecule has 0 unspecified atom stereocenters. The van der Waals surface area contributed by atoms with Crippen LogP contribution >= 0.6 is 0 Å². The molecule has 0 aliphatic rings. The van der Waals surface area contributed by atoms with Crippen LogP contribution in [0.2, 0.25) is 0 Å². The highest BCUT2D eigenvalue weighted by Crippen LogP contribution is 2.25. The number of phenols is 1. The van der Waals surface area contributed by atoms with E-state index in [2.05, 4.69) is 0 Å². The molecule has 2 aromatic rings. The number of hydrogen-bond acceptors (Lipinski definition) is 3. The quantitative estimate of drug-likeness (QED) is 0.767. The van der Waals surface area contributed by atoms with Gasteiger partial charge < -0.3 is 14.3 Å². The molecule has 0 amide bonds. The molecule has 0 atom stereocenters. The van der Waals surface area contributed by atoms with E-state index in [1.54, 1.807) is 25.5 Å². The SMILES string of the molecule is COCc1coc2cc(O)ccc12. The standard InChI is InChI=1S/C10H10O3/c1-12-5-7-6-13-10-4-8(11)2-3-9(7)10/h2-4,6,11H,5H2,1H3. The summed E-state index contributed by atoms with van der Waals surface area (Å²) in [6.07, 6.45) is 1.65. The van der Waals surface area contributed by atoms with Gasteiger partial charge in [-0.1, -0.05) is 0 Å². The van der Waals surface area contributed by atoms with Crippen molar-refractivity contribution in [2.75, 3.05) is 7.11 Å². The first kappa shape index (κ1) is 8.13. The van der Waals surface area contributed by atoms with Gasteiger partial charge in [0.1, 0.15) is 11.3 Å². The van der Waals surface area contributed by atoms with E-state index >= 15 is 0 Å². The van der Waals surface area contributed by atoms with E-state index < -0.39 is 0 Å². The zero-order valence-corrected chi connectivity index (χ0v) is 7.28. The van der Waals surface area contributed by atoms with E-state index in [0.717, 1.165) is 10.9 Å². The maximum absolute atomic E-state index is 9.18. The lowest BCUT2D eigenvalue weighted by atomic mass is 10.2. The van der Waals surface area contributed by atoms with Crippen LogP contribution in [0, 0.1) is 0 Å². The smallest absolute Gasteiger partial charge is 0.137 e. The highest BCUT2D eigenvalue weighted by molar-refractivity contribution is 5.82. The molecule has 1 N–H and O–H groups in total. The lowest BCUT2D eigenvalue weighted by Crippen LogP contribution is -1.83. The van der Waals surface area contributed by atoms with Crippen LogP contribution in [0.25, 0.3) is 11.0 Å². The summed E-state index contributed by atoms with van der Waals surface area (Å²) < 4.78 is 10.2. The van der Waals surface area contributed by atoms with E-state index in [1.807, 2.05) is 6.07 Å². The van der Waals surface area contributed by atoms with Gasteiger partial charge in [-0.2, -0.15) is 0 Å². The summed E-state index contributed by atoms with van der Waals surface area (Å²) in [5, 5.41) is 10.2. The molecule has 0 radical (unpaired) electrons. The lowest BCUT2D eigenvalue weighted by Gasteiger charge is -1.95. The normalized spacial score (nSPS) is 10.8. The molecule has 0 spiro atoms. The minimum atomic E-state index is 0.214. The molecule has 2 rings (SSSR count). The zero-order valence-electron chi connectivity index (χ0n) is 7.28. The second-order valence-electron chi connectivity index (χ2n) is 2.87. The van der Waals surface area contributed by atoms with Crippen molar-refractivity contribution in [3.8, 4) is 5.75 Å². The van der Waals surface area contributed by atoms with Crippen molar-refractivity contribution in [3.05, 3.63) is 30.0 Å². The predicted octanol–water partition coefficient (Wildman–Crippen LogP) is 2.28. The molecule has 13 heavy (non-hydrogen) atoms.